The Bertz CT molecular complexity index is 261. The number of rotatable bonds is 5. The zero-order valence-corrected chi connectivity index (χ0v) is 7.89. The maximum atomic E-state index is 9.03. The second kappa shape index (κ2) is 5.59. The molecule has 4 heteroatoms. The highest BCUT2D eigenvalue weighted by molar-refractivity contribution is 5.27. The summed E-state index contributed by atoms with van der Waals surface area (Å²) in [6, 6.07) is 7.29. The Morgan fingerprint density at radius 3 is 2.43 bits per heavy atom. The Hall–Kier alpha value is -1.10. The van der Waals surface area contributed by atoms with Crippen LogP contribution in [0, 0.1) is 0 Å². The molecule has 0 fully saturated rings. The molecule has 1 atom stereocenters. The van der Waals surface area contributed by atoms with E-state index in [2.05, 4.69) is 0 Å². The van der Waals surface area contributed by atoms with Gasteiger partial charge < -0.3 is 20.7 Å². The Balaban J connectivity index is 2.43. The van der Waals surface area contributed by atoms with Gasteiger partial charge in [0, 0.05) is 6.54 Å². The van der Waals surface area contributed by atoms with E-state index in [4.69, 9.17) is 20.7 Å². The molecule has 0 aromatic heterocycles. The number of aliphatic hydroxyl groups is 2. The number of hydrogen-bond donors (Lipinski definition) is 3. The predicted molar refractivity (Wildman–Crippen MR) is 52.9 cm³/mol. The summed E-state index contributed by atoms with van der Waals surface area (Å²) in [6.07, 6.45) is -0.829. The van der Waals surface area contributed by atoms with Crippen molar-refractivity contribution in [3.8, 4) is 5.75 Å². The molecular weight excluding hydrogens is 182 g/mol. The van der Waals surface area contributed by atoms with Crippen LogP contribution in [-0.4, -0.2) is 29.5 Å². The first-order valence-corrected chi connectivity index (χ1v) is 4.47. The fourth-order valence-electron chi connectivity index (χ4n) is 0.967. The first kappa shape index (κ1) is 11.0. The third-order valence-electron chi connectivity index (χ3n) is 1.81. The van der Waals surface area contributed by atoms with Crippen molar-refractivity contribution in [2.75, 3.05) is 13.2 Å². The van der Waals surface area contributed by atoms with Crippen molar-refractivity contribution in [3.05, 3.63) is 29.8 Å². The van der Waals surface area contributed by atoms with Gasteiger partial charge in [0.2, 0.25) is 0 Å². The summed E-state index contributed by atoms with van der Waals surface area (Å²) >= 11 is 0. The lowest BCUT2D eigenvalue weighted by Gasteiger charge is -2.09. The number of hydrogen-bond acceptors (Lipinski definition) is 4. The maximum absolute atomic E-state index is 9.03. The van der Waals surface area contributed by atoms with Crippen molar-refractivity contribution >= 4 is 0 Å². The van der Waals surface area contributed by atoms with Crippen molar-refractivity contribution in [3.63, 3.8) is 0 Å². The van der Waals surface area contributed by atoms with Gasteiger partial charge >= 0.3 is 0 Å². The number of aliphatic hydroxyl groups excluding tert-OH is 2. The molecule has 14 heavy (non-hydrogen) atoms. The van der Waals surface area contributed by atoms with Gasteiger partial charge in [-0.25, -0.2) is 0 Å². The standard InChI is InChI=1S/C10H15NO3/c11-5-8-1-3-10(4-2-8)14-7-9(13)6-12/h1-4,9,12-13H,5-7,11H2/t9-/m0/s1. The zero-order chi connectivity index (χ0) is 10.4. The van der Waals surface area contributed by atoms with Crippen molar-refractivity contribution in [1.29, 1.82) is 0 Å². The quantitative estimate of drug-likeness (QED) is 0.615. The molecule has 0 saturated heterocycles. The molecular formula is C10H15NO3. The molecule has 1 rings (SSSR count). The first-order valence-electron chi connectivity index (χ1n) is 4.47. The molecule has 4 nitrogen and oxygen atoms in total. The van der Waals surface area contributed by atoms with E-state index in [9.17, 15) is 0 Å². The fourth-order valence-corrected chi connectivity index (χ4v) is 0.967. The van der Waals surface area contributed by atoms with Gasteiger partial charge in [0.15, 0.2) is 0 Å². The second-order valence-corrected chi connectivity index (χ2v) is 3.00. The summed E-state index contributed by atoms with van der Waals surface area (Å²) in [5.41, 5.74) is 6.46. The normalized spacial score (nSPS) is 12.5. The Kier molecular flexibility index (Phi) is 4.39. The Morgan fingerprint density at radius 1 is 1.29 bits per heavy atom. The van der Waals surface area contributed by atoms with Crippen LogP contribution in [0.15, 0.2) is 24.3 Å². The van der Waals surface area contributed by atoms with Crippen LogP contribution in [-0.2, 0) is 6.54 Å². The van der Waals surface area contributed by atoms with Crippen molar-refractivity contribution in [2.24, 2.45) is 5.73 Å². The molecule has 0 spiro atoms. The summed E-state index contributed by atoms with van der Waals surface area (Å²) < 4.78 is 5.21. The van der Waals surface area contributed by atoms with Gasteiger partial charge in [-0.3, -0.25) is 0 Å². The predicted octanol–water partition coefficient (Wildman–Crippen LogP) is -0.123. The van der Waals surface area contributed by atoms with Gasteiger partial charge in [-0.05, 0) is 17.7 Å². The monoisotopic (exact) mass is 197 g/mol. The van der Waals surface area contributed by atoms with E-state index in [-0.39, 0.29) is 13.2 Å². The molecule has 4 N–H and O–H groups in total. The summed E-state index contributed by atoms with van der Waals surface area (Å²) in [5, 5.41) is 17.6. The molecule has 78 valence electrons. The van der Waals surface area contributed by atoms with Crippen LogP contribution in [0.25, 0.3) is 0 Å². The van der Waals surface area contributed by atoms with E-state index < -0.39 is 6.10 Å². The second-order valence-electron chi connectivity index (χ2n) is 3.00. The molecule has 0 unspecified atom stereocenters. The fraction of sp³-hybridized carbons (Fsp3) is 0.400. The van der Waals surface area contributed by atoms with Crippen LogP contribution in [0.1, 0.15) is 5.56 Å². The van der Waals surface area contributed by atoms with E-state index in [0.29, 0.717) is 12.3 Å². The van der Waals surface area contributed by atoms with Gasteiger partial charge in [-0.1, -0.05) is 12.1 Å². The molecule has 0 amide bonds. The summed E-state index contributed by atoms with van der Waals surface area (Å²) in [7, 11) is 0. The van der Waals surface area contributed by atoms with Crippen molar-refractivity contribution in [1.82, 2.24) is 0 Å². The van der Waals surface area contributed by atoms with E-state index in [1.807, 2.05) is 12.1 Å². The first-order chi connectivity index (χ1) is 6.76. The highest BCUT2D eigenvalue weighted by atomic mass is 16.5. The lowest BCUT2D eigenvalue weighted by molar-refractivity contribution is 0.0536. The molecule has 0 aliphatic heterocycles. The molecule has 0 bridgehead atoms. The minimum Gasteiger partial charge on any atom is -0.491 e. The average Bonchev–Trinajstić information content (AvgIpc) is 2.26. The molecule has 0 aliphatic carbocycles. The molecule has 0 radical (unpaired) electrons. The third-order valence-corrected chi connectivity index (χ3v) is 1.81. The van der Waals surface area contributed by atoms with Crippen molar-refractivity contribution < 1.29 is 14.9 Å². The lowest BCUT2D eigenvalue weighted by Crippen LogP contribution is -2.21. The van der Waals surface area contributed by atoms with Crippen molar-refractivity contribution in [2.45, 2.75) is 12.6 Å². The van der Waals surface area contributed by atoms with Gasteiger partial charge in [-0.15, -0.1) is 0 Å². The van der Waals surface area contributed by atoms with E-state index in [1.165, 1.54) is 0 Å². The summed E-state index contributed by atoms with van der Waals surface area (Å²) in [6.45, 7) is 0.304. The lowest BCUT2D eigenvalue weighted by atomic mass is 10.2. The van der Waals surface area contributed by atoms with Crippen LogP contribution in [0.3, 0.4) is 0 Å². The van der Waals surface area contributed by atoms with E-state index in [0.717, 1.165) is 5.56 Å². The van der Waals surface area contributed by atoms with Crippen LogP contribution < -0.4 is 10.5 Å². The van der Waals surface area contributed by atoms with Gasteiger partial charge in [-0.2, -0.15) is 0 Å². The number of nitrogens with two attached hydrogens (primary N) is 1. The highest BCUT2D eigenvalue weighted by Crippen LogP contribution is 2.11. The SMILES string of the molecule is NCc1ccc(OC[C@@H](O)CO)cc1. The van der Waals surface area contributed by atoms with Gasteiger partial charge in [0.05, 0.1) is 6.61 Å². The van der Waals surface area contributed by atoms with Gasteiger partial charge in [0.1, 0.15) is 18.5 Å². The zero-order valence-electron chi connectivity index (χ0n) is 7.89. The molecule has 0 aliphatic rings. The van der Waals surface area contributed by atoms with Crippen LogP contribution in [0.2, 0.25) is 0 Å². The minimum atomic E-state index is -0.829. The Morgan fingerprint density at radius 2 is 1.93 bits per heavy atom. The smallest absolute Gasteiger partial charge is 0.119 e. The topological polar surface area (TPSA) is 75.7 Å². The van der Waals surface area contributed by atoms with E-state index >= 15 is 0 Å². The van der Waals surface area contributed by atoms with Crippen LogP contribution >= 0.6 is 0 Å². The largest absolute Gasteiger partial charge is 0.491 e. The van der Waals surface area contributed by atoms with Crippen LogP contribution in [0.5, 0.6) is 5.75 Å². The molecule has 1 aromatic carbocycles. The summed E-state index contributed by atoms with van der Waals surface area (Å²) in [4.78, 5) is 0. The van der Waals surface area contributed by atoms with Crippen LogP contribution in [0.4, 0.5) is 0 Å². The average molecular weight is 197 g/mol. The molecule has 0 saturated carbocycles. The summed E-state index contributed by atoms with van der Waals surface area (Å²) in [5.74, 6) is 0.662. The van der Waals surface area contributed by atoms with E-state index in [1.54, 1.807) is 12.1 Å². The molecule has 0 heterocycles. The molecule has 1 aromatic rings. The highest BCUT2D eigenvalue weighted by Gasteiger charge is 2.02. The van der Waals surface area contributed by atoms with Gasteiger partial charge in [0.25, 0.3) is 0 Å². The third kappa shape index (κ3) is 3.33. The number of benzene rings is 1. The Labute approximate surface area is 82.9 Å². The number of ether oxygens (including phenoxy) is 1. The maximum Gasteiger partial charge on any atom is 0.119 e. The minimum absolute atomic E-state index is 0.0957.